The van der Waals surface area contributed by atoms with Crippen molar-refractivity contribution in [1.29, 1.82) is 0 Å². The second-order valence-corrected chi connectivity index (χ2v) is 46.5. The summed E-state index contributed by atoms with van der Waals surface area (Å²) in [5.74, 6) is -1.23. The highest BCUT2D eigenvalue weighted by molar-refractivity contribution is 7.49. The molecule has 0 aliphatic rings. The minimum Gasteiger partial charge on any atom is -0.490 e. The maximum absolute atomic E-state index is 15.9. The predicted octanol–water partition coefficient (Wildman–Crippen LogP) is 24.3. The van der Waals surface area contributed by atoms with E-state index < -0.39 is 69.0 Å². The average Bonchev–Trinajstić information content (AvgIpc) is 0.744. The first kappa shape index (κ1) is 83.5. The van der Waals surface area contributed by atoms with Crippen LogP contribution >= 0.6 is 31.3 Å². The third-order valence-electron chi connectivity index (χ3n) is 19.2. The molecule has 0 spiro atoms. The second kappa shape index (κ2) is 37.8. The Kier molecular flexibility index (Phi) is 28.9. The molecule has 0 aromatic heterocycles. The van der Waals surface area contributed by atoms with Crippen molar-refractivity contribution in [2.75, 3.05) is 14.2 Å². The van der Waals surface area contributed by atoms with Crippen molar-refractivity contribution < 1.29 is 86.8 Å². The van der Waals surface area contributed by atoms with Gasteiger partial charge in [-0.25, -0.2) is 18.3 Å². The van der Waals surface area contributed by atoms with Gasteiger partial charge in [-0.15, -0.1) is 0 Å². The average molecular weight is 1590 g/mol. The van der Waals surface area contributed by atoms with Crippen LogP contribution in [0.5, 0.6) is 34.5 Å². The summed E-state index contributed by atoms with van der Waals surface area (Å²) in [6, 6.07) is 79.9. The monoisotopic (exact) mass is 1590 g/mol. The minimum atomic E-state index is -4.80. The second-order valence-electron chi connectivity index (χ2n) is 29.2. The largest absolute Gasteiger partial charge is 0.530 e. The molecular weight excluding hydrogens is 1490 g/mol. The highest BCUT2D eigenvalue weighted by Crippen LogP contribution is 2.63. The van der Waals surface area contributed by atoms with E-state index in [1.807, 2.05) is 243 Å². The van der Waals surface area contributed by atoms with Crippen molar-refractivity contribution >= 4 is 47.4 Å². The lowest BCUT2D eigenvalue weighted by Crippen LogP contribution is -2.50. The molecule has 0 fully saturated rings. The molecule has 576 valence electrons. The first-order valence-corrected chi connectivity index (χ1v) is 47.8. The molecule has 0 amide bonds. The SMILES string of the molecule is COc1c(OP(=O)(OCc2ccccc2)OCc2ccccc2)cc(C(OC(c2cc(OP(=O)(OCc3ccccc3)OCc3ccccc3)c(OC)c(OP(=O)(OCc3ccccc3)OCc3ccccc3)c2)[Si](C)(C)C(C)(C)C)[Si](C)(C)C(C)(C)C)cc1OP(=O)(OCc1ccccc1)OCc1ccccc1. The zero-order chi connectivity index (χ0) is 77.8. The maximum atomic E-state index is 15.9. The summed E-state index contributed by atoms with van der Waals surface area (Å²) >= 11 is 0. The molecule has 0 heterocycles. The number of hydrogen-bond donors (Lipinski definition) is 0. The molecule has 0 aliphatic carbocycles. The fraction of sp³-hybridized carbons (Fsp3) is 0.286. The summed E-state index contributed by atoms with van der Waals surface area (Å²) in [5.41, 5.74) is 4.09. The van der Waals surface area contributed by atoms with Crippen LogP contribution in [0, 0.1) is 0 Å². The van der Waals surface area contributed by atoms with Gasteiger partial charge in [0.1, 0.15) is 0 Å². The maximum Gasteiger partial charge on any atom is 0.530 e. The van der Waals surface area contributed by atoms with Gasteiger partial charge in [0.15, 0.2) is 23.0 Å². The molecule has 0 bridgehead atoms. The molecule has 10 aromatic carbocycles. The smallest absolute Gasteiger partial charge is 0.490 e. The number of benzene rings is 10. The van der Waals surface area contributed by atoms with Gasteiger partial charge in [0, 0.05) is 0 Å². The zero-order valence-electron chi connectivity index (χ0n) is 63.8. The lowest BCUT2D eigenvalue weighted by molar-refractivity contribution is 0.0607. The Hall–Kier alpha value is -8.01. The topological polar surface area (TPSA) is 207 Å². The Bertz CT molecular complexity index is 3960. The van der Waals surface area contributed by atoms with E-state index in [9.17, 15) is 0 Å². The van der Waals surface area contributed by atoms with Crippen molar-refractivity contribution in [2.24, 2.45) is 0 Å². The summed E-state index contributed by atoms with van der Waals surface area (Å²) in [7, 11) is -22.9. The van der Waals surface area contributed by atoms with Crippen molar-refractivity contribution in [3.8, 4) is 34.5 Å². The first-order chi connectivity index (χ1) is 52.1. The molecule has 2 unspecified atom stereocenters. The third-order valence-corrected chi connectivity index (χ3v) is 35.8. The van der Waals surface area contributed by atoms with E-state index >= 15 is 18.3 Å². The van der Waals surface area contributed by atoms with Gasteiger partial charge in [-0.2, -0.15) is 0 Å². The number of rotatable bonds is 40. The number of hydrogen-bond acceptors (Lipinski definition) is 19. The van der Waals surface area contributed by atoms with Crippen LogP contribution in [0.2, 0.25) is 36.3 Å². The Morgan fingerprint density at radius 2 is 0.431 bits per heavy atom. The molecule has 0 radical (unpaired) electrons. The van der Waals surface area contributed by atoms with E-state index in [2.05, 4.69) is 67.7 Å². The van der Waals surface area contributed by atoms with Crippen LogP contribution in [-0.4, -0.2) is 30.4 Å². The summed E-state index contributed by atoms with van der Waals surface area (Å²) in [4.78, 5) is 0. The first-order valence-electron chi connectivity index (χ1n) is 35.8. The number of ether oxygens (including phenoxy) is 3. The molecule has 10 rings (SSSR count). The standard InChI is InChI=1S/C84H98O19P4Si2/c1-83(2,3)108(9,10)81(73-53-75(100-104(85,91-57-65-37-21-13-22-38-65)92-58-66-39-23-14-24-40-66)79(89-7)76(54-73)101-105(86,93-59-67-41-25-15-26-42-67)94-60-68-43-27-16-28-44-68)99-82(109(11,12)84(4,5)6)74-55-77(102-106(87,95-61-69-45-29-17-30-46-69)96-62-70-47-31-18-32-48-70)80(90-8)78(56-74)103-107(88,97-63-71-49-33-19-34-50-71)98-64-72-51-35-20-36-52-72/h13-56,81-82H,57-64H2,1-12H3. The van der Waals surface area contributed by atoms with Crippen molar-refractivity contribution in [1.82, 2.24) is 0 Å². The number of methoxy groups -OCH3 is 2. The van der Waals surface area contributed by atoms with Crippen LogP contribution in [-0.2, 0) is 112 Å². The van der Waals surface area contributed by atoms with Gasteiger partial charge in [0.05, 0.1) is 94.7 Å². The van der Waals surface area contributed by atoms with Crippen LogP contribution in [0.15, 0.2) is 267 Å². The van der Waals surface area contributed by atoms with E-state index in [1.165, 1.54) is 14.2 Å². The normalized spacial score (nSPS) is 13.1. The molecule has 109 heavy (non-hydrogen) atoms. The molecule has 0 aliphatic heterocycles. The van der Waals surface area contributed by atoms with Gasteiger partial charge in [-0.3, -0.25) is 36.2 Å². The summed E-state index contributed by atoms with van der Waals surface area (Å²) < 4.78 is 162. The molecule has 0 saturated carbocycles. The lowest BCUT2D eigenvalue weighted by atomic mass is 10.1. The highest BCUT2D eigenvalue weighted by atomic mass is 31.2. The molecule has 0 N–H and O–H groups in total. The lowest BCUT2D eigenvalue weighted by Gasteiger charge is -2.49. The predicted molar refractivity (Wildman–Crippen MR) is 430 cm³/mol. The Morgan fingerprint density at radius 3 is 0.569 bits per heavy atom. The molecule has 19 nitrogen and oxygen atoms in total. The highest BCUT2D eigenvalue weighted by Gasteiger charge is 2.52. The quantitative estimate of drug-likeness (QED) is 0.0258. The van der Waals surface area contributed by atoms with E-state index in [0.29, 0.717) is 55.6 Å². The van der Waals surface area contributed by atoms with Gasteiger partial charge >= 0.3 is 31.3 Å². The number of phosphoric ester groups is 4. The molecule has 2 atom stereocenters. The van der Waals surface area contributed by atoms with Crippen molar-refractivity contribution in [3.05, 3.63) is 323 Å². The summed E-state index contributed by atoms with van der Waals surface area (Å²) in [6.07, 6.45) is 0. The molecular formula is C84H98O19P4Si2. The Balaban J connectivity index is 1.20. The molecule has 10 aromatic rings. The van der Waals surface area contributed by atoms with Gasteiger partial charge in [-0.05, 0) is 90.0 Å². The van der Waals surface area contributed by atoms with E-state index in [4.69, 9.17) is 68.5 Å². The van der Waals surface area contributed by atoms with Crippen LogP contribution in [0.25, 0.3) is 0 Å². The van der Waals surface area contributed by atoms with Crippen LogP contribution in [0.3, 0.4) is 0 Å². The third kappa shape index (κ3) is 23.5. The van der Waals surface area contributed by atoms with Crippen molar-refractivity contribution in [2.45, 2.75) is 142 Å². The fourth-order valence-electron chi connectivity index (χ4n) is 11.1. The molecule has 25 heteroatoms. The Morgan fingerprint density at radius 1 is 0.275 bits per heavy atom. The number of phosphoric acid groups is 4. The zero-order valence-corrected chi connectivity index (χ0v) is 69.3. The Labute approximate surface area is 643 Å². The van der Waals surface area contributed by atoms with E-state index in [1.54, 1.807) is 24.3 Å². The van der Waals surface area contributed by atoms with Gasteiger partial charge in [-0.1, -0.05) is 310 Å². The van der Waals surface area contributed by atoms with Crippen LogP contribution in [0.1, 0.15) is 109 Å². The van der Waals surface area contributed by atoms with Gasteiger partial charge in [0.25, 0.3) is 0 Å². The van der Waals surface area contributed by atoms with Crippen LogP contribution < -0.4 is 27.6 Å². The van der Waals surface area contributed by atoms with Crippen LogP contribution in [0.4, 0.5) is 0 Å². The fourth-order valence-corrected chi connectivity index (χ4v) is 20.4. The minimum absolute atomic E-state index is 0.182. The summed E-state index contributed by atoms with van der Waals surface area (Å²) in [6.45, 7) is 19.9. The summed E-state index contributed by atoms with van der Waals surface area (Å²) in [5, 5.41) is -1.09. The van der Waals surface area contributed by atoms with Gasteiger partial charge in [0.2, 0.25) is 11.5 Å². The molecule has 0 saturated heterocycles. The van der Waals surface area contributed by atoms with E-state index in [0.717, 1.165) is 0 Å². The van der Waals surface area contributed by atoms with E-state index in [-0.39, 0.29) is 87.4 Å². The van der Waals surface area contributed by atoms with Gasteiger partial charge < -0.3 is 32.3 Å². The van der Waals surface area contributed by atoms with Crippen molar-refractivity contribution in [3.63, 3.8) is 0 Å².